The third-order valence-corrected chi connectivity index (χ3v) is 3.35. The maximum Gasteiger partial charge on any atom is 0.341 e. The number of nitrogens with one attached hydrogen (secondary N) is 1. The molecule has 0 radical (unpaired) electrons. The number of anilines is 1. The maximum absolute atomic E-state index is 12.1. The average molecular weight is 293 g/mol. The van der Waals surface area contributed by atoms with E-state index in [2.05, 4.69) is 5.32 Å². The smallest absolute Gasteiger partial charge is 0.341 e. The highest BCUT2D eigenvalue weighted by Crippen LogP contribution is 2.23. The van der Waals surface area contributed by atoms with Gasteiger partial charge in [0.1, 0.15) is 5.75 Å². The molecule has 114 valence electrons. The largest absolute Gasteiger partial charge is 0.482 e. The number of aliphatic carboxylic acids is 1. The van der Waals surface area contributed by atoms with Gasteiger partial charge in [0.25, 0.3) is 0 Å². The molecule has 1 atom stereocenters. The molecule has 0 saturated carbocycles. The molecule has 1 aliphatic rings. The van der Waals surface area contributed by atoms with Crippen LogP contribution in [0.2, 0.25) is 0 Å². The highest BCUT2D eigenvalue weighted by atomic mass is 16.5. The second-order valence-electron chi connectivity index (χ2n) is 5.06. The molecule has 6 nitrogen and oxygen atoms in total. The van der Waals surface area contributed by atoms with Crippen LogP contribution >= 0.6 is 0 Å². The summed E-state index contributed by atoms with van der Waals surface area (Å²) < 4.78 is 10.4. The highest BCUT2D eigenvalue weighted by Gasteiger charge is 2.22. The van der Waals surface area contributed by atoms with Crippen molar-refractivity contribution in [1.82, 2.24) is 0 Å². The maximum atomic E-state index is 12.1. The van der Waals surface area contributed by atoms with E-state index in [9.17, 15) is 9.59 Å². The van der Waals surface area contributed by atoms with Gasteiger partial charge >= 0.3 is 5.97 Å². The van der Waals surface area contributed by atoms with Crippen LogP contribution in [0.4, 0.5) is 5.69 Å². The lowest BCUT2D eigenvalue weighted by atomic mass is 10.0. The second kappa shape index (κ2) is 7.08. The molecule has 2 rings (SSSR count). The van der Waals surface area contributed by atoms with Crippen molar-refractivity contribution in [3.63, 3.8) is 0 Å². The molecule has 1 aromatic rings. The number of ether oxygens (including phenoxy) is 2. The minimum Gasteiger partial charge on any atom is -0.482 e. The summed E-state index contributed by atoms with van der Waals surface area (Å²) in [5.74, 6) is -0.714. The number of carboxylic acids is 1. The van der Waals surface area contributed by atoms with Crippen LogP contribution < -0.4 is 10.1 Å². The number of rotatable bonds is 5. The Hall–Kier alpha value is -2.08. The van der Waals surface area contributed by atoms with Gasteiger partial charge in [0.2, 0.25) is 5.91 Å². The Kier molecular flexibility index (Phi) is 5.16. The Morgan fingerprint density at radius 2 is 2.29 bits per heavy atom. The van der Waals surface area contributed by atoms with Crippen LogP contribution in [0.15, 0.2) is 18.2 Å². The molecular formula is C15H19NO5. The predicted molar refractivity (Wildman–Crippen MR) is 76.5 cm³/mol. The lowest BCUT2D eigenvalue weighted by Gasteiger charge is -2.21. The van der Waals surface area contributed by atoms with Crippen LogP contribution in [-0.2, 0) is 14.3 Å². The number of benzene rings is 1. The number of hydrogen-bond donors (Lipinski definition) is 2. The van der Waals surface area contributed by atoms with Gasteiger partial charge in [-0.25, -0.2) is 4.79 Å². The first-order valence-electron chi connectivity index (χ1n) is 6.90. The van der Waals surface area contributed by atoms with E-state index in [4.69, 9.17) is 14.6 Å². The zero-order valence-electron chi connectivity index (χ0n) is 11.9. The Morgan fingerprint density at radius 1 is 1.48 bits per heavy atom. The van der Waals surface area contributed by atoms with Gasteiger partial charge in [0.15, 0.2) is 6.61 Å². The molecular weight excluding hydrogens is 274 g/mol. The fourth-order valence-corrected chi connectivity index (χ4v) is 2.19. The second-order valence-corrected chi connectivity index (χ2v) is 5.06. The molecule has 1 aromatic carbocycles. The van der Waals surface area contributed by atoms with Gasteiger partial charge in [-0.3, -0.25) is 4.79 Å². The predicted octanol–water partition coefficient (Wildman–Crippen LogP) is 1.82. The van der Waals surface area contributed by atoms with Crippen molar-refractivity contribution >= 4 is 17.6 Å². The number of amides is 1. The summed E-state index contributed by atoms with van der Waals surface area (Å²) >= 11 is 0. The summed E-state index contributed by atoms with van der Waals surface area (Å²) in [6.07, 6.45) is 1.74. The highest BCUT2D eigenvalue weighted by molar-refractivity contribution is 5.93. The molecule has 6 heteroatoms. The minimum absolute atomic E-state index is 0.0444. The van der Waals surface area contributed by atoms with Crippen molar-refractivity contribution in [2.24, 2.45) is 5.92 Å². The van der Waals surface area contributed by atoms with Crippen LogP contribution in [0.5, 0.6) is 5.75 Å². The fraction of sp³-hybridized carbons (Fsp3) is 0.467. The molecule has 0 aliphatic carbocycles. The van der Waals surface area contributed by atoms with Crippen molar-refractivity contribution in [2.45, 2.75) is 19.8 Å². The van der Waals surface area contributed by atoms with Gasteiger partial charge in [-0.1, -0.05) is 0 Å². The lowest BCUT2D eigenvalue weighted by Crippen LogP contribution is -2.30. The molecule has 1 amide bonds. The first kappa shape index (κ1) is 15.3. The van der Waals surface area contributed by atoms with E-state index < -0.39 is 5.97 Å². The average Bonchev–Trinajstić information content (AvgIpc) is 2.48. The number of aryl methyl sites for hydroxylation is 1. The fourth-order valence-electron chi connectivity index (χ4n) is 2.19. The van der Waals surface area contributed by atoms with Gasteiger partial charge in [-0.05, 0) is 43.5 Å². The molecule has 21 heavy (non-hydrogen) atoms. The summed E-state index contributed by atoms with van der Waals surface area (Å²) in [5.41, 5.74) is 1.52. The van der Waals surface area contributed by atoms with Crippen LogP contribution in [-0.4, -0.2) is 36.8 Å². The van der Waals surface area contributed by atoms with Gasteiger partial charge < -0.3 is 19.9 Å². The molecule has 1 saturated heterocycles. The van der Waals surface area contributed by atoms with Gasteiger partial charge in [-0.15, -0.1) is 0 Å². The zero-order chi connectivity index (χ0) is 15.2. The monoisotopic (exact) mass is 293 g/mol. The molecule has 1 aliphatic heterocycles. The summed E-state index contributed by atoms with van der Waals surface area (Å²) in [4.78, 5) is 22.6. The van der Waals surface area contributed by atoms with E-state index in [0.717, 1.165) is 25.0 Å². The van der Waals surface area contributed by atoms with Crippen LogP contribution in [0.3, 0.4) is 0 Å². The van der Waals surface area contributed by atoms with Crippen LogP contribution in [0.25, 0.3) is 0 Å². The molecule has 2 N–H and O–H groups in total. The molecule has 1 fully saturated rings. The number of carbonyl (C=O) groups is 2. The Labute approximate surface area is 123 Å². The summed E-state index contributed by atoms with van der Waals surface area (Å²) in [6, 6.07) is 5.06. The standard InChI is InChI=1S/C15H19NO5/c1-10-7-12(21-9-14(17)18)4-5-13(10)16-15(19)11-3-2-6-20-8-11/h4-5,7,11H,2-3,6,8-9H2,1H3,(H,16,19)(H,17,18). The third kappa shape index (κ3) is 4.46. The van der Waals surface area contributed by atoms with E-state index in [1.807, 2.05) is 6.92 Å². The van der Waals surface area contributed by atoms with Crippen molar-refractivity contribution in [3.8, 4) is 5.75 Å². The third-order valence-electron chi connectivity index (χ3n) is 3.35. The lowest BCUT2D eigenvalue weighted by molar-refractivity contribution is -0.139. The molecule has 1 heterocycles. The molecule has 0 bridgehead atoms. The number of hydrogen-bond acceptors (Lipinski definition) is 4. The number of carbonyl (C=O) groups excluding carboxylic acids is 1. The Balaban J connectivity index is 1.96. The van der Waals surface area contributed by atoms with Crippen molar-refractivity contribution in [3.05, 3.63) is 23.8 Å². The van der Waals surface area contributed by atoms with Gasteiger partial charge in [0.05, 0.1) is 12.5 Å². The van der Waals surface area contributed by atoms with E-state index in [-0.39, 0.29) is 18.4 Å². The summed E-state index contributed by atoms with van der Waals surface area (Å²) in [5, 5.41) is 11.4. The van der Waals surface area contributed by atoms with Crippen molar-refractivity contribution in [2.75, 3.05) is 25.1 Å². The quantitative estimate of drug-likeness (QED) is 0.865. The van der Waals surface area contributed by atoms with E-state index in [1.165, 1.54) is 0 Å². The van der Waals surface area contributed by atoms with Gasteiger partial charge in [0, 0.05) is 12.3 Å². The topological polar surface area (TPSA) is 84.9 Å². The first-order chi connectivity index (χ1) is 10.1. The van der Waals surface area contributed by atoms with Crippen LogP contribution in [0, 0.1) is 12.8 Å². The summed E-state index contributed by atoms with van der Waals surface area (Å²) in [7, 11) is 0. The van der Waals surface area contributed by atoms with Crippen molar-refractivity contribution < 1.29 is 24.2 Å². The number of carboxylic acid groups (broad SMARTS) is 1. The minimum atomic E-state index is -1.03. The SMILES string of the molecule is Cc1cc(OCC(=O)O)ccc1NC(=O)C1CCCOC1. The van der Waals surface area contributed by atoms with E-state index >= 15 is 0 Å². The zero-order valence-corrected chi connectivity index (χ0v) is 11.9. The Morgan fingerprint density at radius 3 is 2.90 bits per heavy atom. The van der Waals surface area contributed by atoms with E-state index in [0.29, 0.717) is 18.0 Å². The molecule has 0 aromatic heterocycles. The van der Waals surface area contributed by atoms with Gasteiger partial charge in [-0.2, -0.15) is 0 Å². The normalized spacial score (nSPS) is 18.0. The molecule has 0 spiro atoms. The van der Waals surface area contributed by atoms with Crippen LogP contribution in [0.1, 0.15) is 18.4 Å². The Bertz CT molecular complexity index is 523. The first-order valence-corrected chi connectivity index (χ1v) is 6.90. The van der Waals surface area contributed by atoms with E-state index in [1.54, 1.807) is 18.2 Å². The van der Waals surface area contributed by atoms with Crippen molar-refractivity contribution in [1.29, 1.82) is 0 Å². The molecule has 1 unspecified atom stereocenters. The summed E-state index contributed by atoms with van der Waals surface area (Å²) in [6.45, 7) is 2.63.